The number of aliphatic hydroxyl groups is 1. The molecule has 0 saturated heterocycles. The molecule has 0 radical (unpaired) electrons. The molecule has 0 rings (SSSR count). The molecule has 64 valence electrons. The molecule has 0 aliphatic rings. The Labute approximate surface area is 66.1 Å². The molecule has 1 N–H and O–H groups in total. The third-order valence-electron chi connectivity index (χ3n) is 0.865. The van der Waals surface area contributed by atoms with Gasteiger partial charge in [-0.05, 0) is 6.92 Å². The molecule has 11 heavy (non-hydrogen) atoms. The van der Waals surface area contributed by atoms with E-state index in [1.807, 2.05) is 0 Å². The molecule has 0 amide bonds. The smallest absolute Gasteiger partial charge is 0.374 e. The van der Waals surface area contributed by atoms with Crippen LogP contribution < -0.4 is 0 Å². The highest BCUT2D eigenvalue weighted by molar-refractivity contribution is 5.85. The molecule has 4 nitrogen and oxygen atoms in total. The van der Waals surface area contributed by atoms with E-state index in [9.17, 15) is 4.79 Å². The molecule has 0 heterocycles. The van der Waals surface area contributed by atoms with Crippen molar-refractivity contribution in [1.82, 2.24) is 4.90 Å². The lowest BCUT2D eigenvalue weighted by molar-refractivity contribution is -0.141. The van der Waals surface area contributed by atoms with Gasteiger partial charge < -0.3 is 14.7 Å². The maximum absolute atomic E-state index is 10.7. The highest BCUT2D eigenvalue weighted by atomic mass is 16.5. The zero-order valence-corrected chi connectivity index (χ0v) is 7.00. The number of rotatable bonds is 3. The van der Waals surface area contributed by atoms with Crippen molar-refractivity contribution in [2.75, 3.05) is 20.7 Å². The van der Waals surface area contributed by atoms with Crippen LogP contribution in [0.4, 0.5) is 0 Å². The summed E-state index contributed by atoms with van der Waals surface area (Å²) in [5, 5.41) is 8.96. The van der Waals surface area contributed by atoms with E-state index >= 15 is 0 Å². The van der Waals surface area contributed by atoms with Crippen LogP contribution in [0.25, 0.3) is 0 Å². The molecule has 0 aromatic heterocycles. The van der Waals surface area contributed by atoms with Crippen molar-refractivity contribution in [1.29, 1.82) is 0 Å². The van der Waals surface area contributed by atoms with Crippen molar-refractivity contribution in [3.05, 3.63) is 12.0 Å². The average molecular weight is 159 g/mol. The minimum absolute atomic E-state index is 0.268. The van der Waals surface area contributed by atoms with Crippen LogP contribution in [-0.2, 0) is 9.53 Å². The number of esters is 1. The van der Waals surface area contributed by atoms with Crippen molar-refractivity contribution < 1.29 is 14.6 Å². The molecular formula is C7H13NO3. The first kappa shape index (κ1) is 9.81. The van der Waals surface area contributed by atoms with Crippen LogP contribution in [0.2, 0.25) is 0 Å². The fourth-order valence-electron chi connectivity index (χ4n) is 0.502. The van der Waals surface area contributed by atoms with E-state index < -0.39 is 5.97 Å². The summed E-state index contributed by atoms with van der Waals surface area (Å²) < 4.78 is 4.52. The van der Waals surface area contributed by atoms with Crippen molar-refractivity contribution in [3.8, 4) is 0 Å². The molecule has 0 bridgehead atoms. The average Bonchev–Trinajstić information content (AvgIpc) is 1.86. The van der Waals surface area contributed by atoms with E-state index in [0.717, 1.165) is 0 Å². The summed E-state index contributed by atoms with van der Waals surface area (Å²) in [6.07, 6.45) is 1.29. The number of carbonyl (C=O) groups excluding carboxylic acids is 1. The van der Waals surface area contributed by atoms with E-state index in [-0.39, 0.29) is 12.4 Å². The summed E-state index contributed by atoms with van der Waals surface area (Å²) in [5.74, 6) is -1.07. The summed E-state index contributed by atoms with van der Waals surface area (Å²) >= 11 is 0. The summed E-state index contributed by atoms with van der Waals surface area (Å²) in [6, 6.07) is 0. The quantitative estimate of drug-likeness (QED) is 0.370. The Kier molecular flexibility index (Phi) is 4.10. The fourth-order valence-corrected chi connectivity index (χ4v) is 0.502. The van der Waals surface area contributed by atoms with Crippen LogP contribution in [0.1, 0.15) is 6.92 Å². The van der Waals surface area contributed by atoms with Gasteiger partial charge in [0, 0.05) is 20.3 Å². The van der Waals surface area contributed by atoms with Crippen LogP contribution in [0.3, 0.4) is 0 Å². The van der Waals surface area contributed by atoms with Gasteiger partial charge in [-0.3, -0.25) is 0 Å². The number of ether oxygens (including phenoxy) is 1. The van der Waals surface area contributed by atoms with Gasteiger partial charge in [-0.1, -0.05) is 0 Å². The minimum atomic E-state index is -0.693. The fraction of sp³-hybridized carbons (Fsp3) is 0.571. The number of carbonyl (C=O) groups is 1. The highest BCUT2D eigenvalue weighted by Crippen LogP contribution is 1.93. The number of aliphatic hydroxyl groups excluding tert-OH is 1. The number of hydrogen-bond donors (Lipinski definition) is 1. The van der Waals surface area contributed by atoms with Gasteiger partial charge in [-0.25, -0.2) is 4.79 Å². The van der Waals surface area contributed by atoms with Gasteiger partial charge in [0.2, 0.25) is 5.76 Å². The Morgan fingerprint density at radius 3 is 2.55 bits per heavy atom. The van der Waals surface area contributed by atoms with Gasteiger partial charge in [0.25, 0.3) is 0 Å². The third-order valence-corrected chi connectivity index (χ3v) is 0.865. The largest absolute Gasteiger partial charge is 0.501 e. The second-order valence-electron chi connectivity index (χ2n) is 2.20. The molecule has 0 aliphatic carbocycles. The topological polar surface area (TPSA) is 49.8 Å². The lowest BCUT2D eigenvalue weighted by Gasteiger charge is -2.05. The van der Waals surface area contributed by atoms with Gasteiger partial charge in [-0.2, -0.15) is 0 Å². The van der Waals surface area contributed by atoms with Gasteiger partial charge in [0.15, 0.2) is 0 Å². The first-order valence-electron chi connectivity index (χ1n) is 3.32. The van der Waals surface area contributed by atoms with Crippen LogP contribution in [0.5, 0.6) is 0 Å². The Balaban J connectivity index is 4.01. The normalized spacial score (nSPS) is 11.0. The Bertz CT molecular complexity index is 163. The molecule has 0 aromatic rings. The van der Waals surface area contributed by atoms with Gasteiger partial charge in [0.05, 0.1) is 6.61 Å². The Hall–Kier alpha value is -1.19. The summed E-state index contributed by atoms with van der Waals surface area (Å²) in [5.41, 5.74) is 0. The van der Waals surface area contributed by atoms with E-state index in [4.69, 9.17) is 5.11 Å². The van der Waals surface area contributed by atoms with Crippen LogP contribution in [0, 0.1) is 0 Å². The molecule has 0 saturated carbocycles. The van der Waals surface area contributed by atoms with Crippen molar-refractivity contribution >= 4 is 5.97 Å². The van der Waals surface area contributed by atoms with Gasteiger partial charge in [0.1, 0.15) is 0 Å². The monoisotopic (exact) mass is 159 g/mol. The van der Waals surface area contributed by atoms with E-state index in [2.05, 4.69) is 4.74 Å². The Morgan fingerprint density at radius 1 is 1.64 bits per heavy atom. The minimum Gasteiger partial charge on any atom is -0.501 e. The molecule has 0 spiro atoms. The summed E-state index contributed by atoms with van der Waals surface area (Å²) in [6.45, 7) is 1.95. The maximum atomic E-state index is 10.7. The summed E-state index contributed by atoms with van der Waals surface area (Å²) in [7, 11) is 3.41. The molecule has 0 aliphatic heterocycles. The molecular weight excluding hydrogens is 146 g/mol. The van der Waals surface area contributed by atoms with Crippen LogP contribution >= 0.6 is 0 Å². The molecule has 0 unspecified atom stereocenters. The van der Waals surface area contributed by atoms with Crippen LogP contribution in [-0.4, -0.2) is 36.7 Å². The predicted molar refractivity (Wildman–Crippen MR) is 41.0 cm³/mol. The number of nitrogens with zero attached hydrogens (tertiary/aromatic N) is 1. The van der Waals surface area contributed by atoms with Gasteiger partial charge >= 0.3 is 5.97 Å². The van der Waals surface area contributed by atoms with E-state index in [0.29, 0.717) is 0 Å². The second-order valence-corrected chi connectivity index (χ2v) is 2.20. The van der Waals surface area contributed by atoms with Crippen molar-refractivity contribution in [2.45, 2.75) is 6.92 Å². The summed E-state index contributed by atoms with van der Waals surface area (Å²) in [4.78, 5) is 12.3. The lowest BCUT2D eigenvalue weighted by atomic mass is 10.5. The molecule has 0 fully saturated rings. The van der Waals surface area contributed by atoms with Crippen LogP contribution in [0.15, 0.2) is 12.0 Å². The first-order chi connectivity index (χ1) is 5.07. The van der Waals surface area contributed by atoms with Crippen molar-refractivity contribution in [3.63, 3.8) is 0 Å². The Morgan fingerprint density at radius 2 is 2.18 bits per heavy atom. The van der Waals surface area contributed by atoms with E-state index in [1.165, 1.54) is 6.20 Å². The molecule has 4 heteroatoms. The zero-order valence-electron chi connectivity index (χ0n) is 7.00. The SMILES string of the molecule is CCOC(=O)/C(O)=C/N(C)C. The highest BCUT2D eigenvalue weighted by Gasteiger charge is 2.07. The lowest BCUT2D eigenvalue weighted by Crippen LogP contribution is -2.11. The first-order valence-corrected chi connectivity index (χ1v) is 3.32. The predicted octanol–water partition coefficient (Wildman–Crippen LogP) is 0.511. The van der Waals surface area contributed by atoms with Crippen molar-refractivity contribution in [2.24, 2.45) is 0 Å². The molecule has 0 atom stereocenters. The number of hydrogen-bond acceptors (Lipinski definition) is 4. The third kappa shape index (κ3) is 4.25. The molecule has 0 aromatic carbocycles. The van der Waals surface area contributed by atoms with E-state index in [1.54, 1.807) is 25.9 Å². The maximum Gasteiger partial charge on any atom is 0.374 e. The zero-order chi connectivity index (χ0) is 8.85. The van der Waals surface area contributed by atoms with Gasteiger partial charge in [-0.15, -0.1) is 0 Å². The standard InChI is InChI=1S/C7H13NO3/c1-4-11-7(10)6(9)5-8(2)3/h5,9H,4H2,1-3H3/b6-5-. The second kappa shape index (κ2) is 4.60.